The lowest BCUT2D eigenvalue weighted by Gasteiger charge is -2.36. The molecular formula is C56H71N13O20S. The number of anilines is 2. The number of aliphatic hydroxyl groups is 3. The fourth-order valence-electron chi connectivity index (χ4n) is 10.7. The third-order valence-electron chi connectivity index (χ3n) is 16.1. The number of fused-ring (bicyclic) bond motifs is 4. The molecule has 4 unspecified atom stereocenters. The molecule has 0 aliphatic carbocycles. The highest BCUT2D eigenvalue weighted by Gasteiger charge is 2.47. The number of carboxylic acids is 1. The van der Waals surface area contributed by atoms with Crippen molar-refractivity contribution in [2.24, 2.45) is 17.8 Å². The Kier molecular flexibility index (Phi) is 22.6. The summed E-state index contributed by atoms with van der Waals surface area (Å²) in [4.78, 5) is 212. The number of benzene rings is 1. The number of nitrogens with zero attached hydrogens (tertiary/aromatic N) is 5. The Balaban J connectivity index is 1.35. The lowest BCUT2D eigenvalue weighted by Crippen LogP contribution is -2.62. The largest absolute Gasteiger partial charge is 0.481 e. The molecule has 0 spiro atoms. The molecule has 1 aromatic heterocycles. The second-order valence-corrected chi connectivity index (χ2v) is 23.6. The second-order valence-electron chi connectivity index (χ2n) is 22.2. The van der Waals surface area contributed by atoms with Crippen LogP contribution in [0.25, 0.3) is 10.9 Å². The number of amides is 14. The molecule has 5 aliphatic rings. The van der Waals surface area contributed by atoms with E-state index < -0.39 is 228 Å². The van der Waals surface area contributed by atoms with Gasteiger partial charge in [-0.25, -0.2) is 0 Å². The topological polar surface area (TPSA) is 470 Å². The fraction of sp³-hybridized carbons (Fsp3) is 0.518. The van der Waals surface area contributed by atoms with Crippen molar-refractivity contribution in [1.82, 2.24) is 56.5 Å². The van der Waals surface area contributed by atoms with E-state index >= 15 is 9.00 Å². The molecule has 1 aromatic carbocycles. The smallest absolute Gasteiger partial charge is 0.305 e. The van der Waals surface area contributed by atoms with E-state index in [0.29, 0.717) is 6.42 Å². The number of hydrogen-bond acceptors (Lipinski definition) is 19. The first kappa shape index (κ1) is 68.2. The van der Waals surface area contributed by atoms with Gasteiger partial charge in [-0.15, -0.1) is 0 Å². The quantitative estimate of drug-likeness (QED) is 0.0657. The zero-order valence-electron chi connectivity index (χ0n) is 49.4. The number of carboxylic acid groups (broad SMARTS) is 1. The average molecular weight is 1280 g/mol. The lowest BCUT2D eigenvalue weighted by molar-refractivity contribution is -0.146. The van der Waals surface area contributed by atoms with Crippen molar-refractivity contribution in [2.45, 2.75) is 107 Å². The highest BCUT2D eigenvalue weighted by Crippen LogP contribution is 2.38. The number of H-pyrrole nitrogens is 1. The average Bonchev–Trinajstić information content (AvgIpc) is 1.56. The number of aromatic amines is 1. The number of aliphatic hydroxyl groups excluding tert-OH is 3. The molecule has 5 aliphatic heterocycles. The Bertz CT molecular complexity index is 3270. The zero-order chi connectivity index (χ0) is 66.0. The van der Waals surface area contributed by atoms with Gasteiger partial charge in [-0.2, -0.15) is 0 Å². The second kappa shape index (κ2) is 29.8. The molecule has 33 nitrogen and oxygen atoms in total. The summed E-state index contributed by atoms with van der Waals surface area (Å²) in [6.45, 7) is 1.12. The number of carbonyl (C=O) groups excluding carboxylic acids is 14. The van der Waals surface area contributed by atoms with Crippen molar-refractivity contribution in [3.8, 4) is 0 Å². The molecule has 11 atom stereocenters. The van der Waals surface area contributed by atoms with Gasteiger partial charge >= 0.3 is 5.97 Å². The first-order chi connectivity index (χ1) is 42.6. The minimum absolute atomic E-state index is 0.0207. The molecule has 2 bridgehead atoms. The van der Waals surface area contributed by atoms with Crippen LogP contribution in [0.15, 0.2) is 47.5 Å². The summed E-state index contributed by atoms with van der Waals surface area (Å²) >= 11 is 0. The summed E-state index contributed by atoms with van der Waals surface area (Å²) in [5, 5.41) is 59.0. The SMILES string of the molecule is CC[C@H](C)[C@@H]1CNC(=O)CNC(=O)C(C)N2C(=O)[C@H](C(C)C(O)CO)NC(=O)[C@@H]3C[C@@H](O)CN3C(=O)[C@H](CC(=O)O)NC(=O)[C@H](CS(=O)c3[nH]c4ccc(NC(=O)CCC(=O)N(CCN5C(=O)C=CC5=O)CCN5C(=O)C=CC5=O)cc4c32)NC(=O)CNC1=O. The normalized spacial score (nSPS) is 25.2. The molecule has 90 heavy (non-hydrogen) atoms. The third-order valence-corrected chi connectivity index (χ3v) is 17.5. The molecule has 0 radical (unpaired) electrons. The van der Waals surface area contributed by atoms with Gasteiger partial charge in [0, 0.05) is 105 Å². The zero-order valence-corrected chi connectivity index (χ0v) is 50.2. The van der Waals surface area contributed by atoms with Crippen molar-refractivity contribution in [1.29, 1.82) is 0 Å². The predicted molar refractivity (Wildman–Crippen MR) is 311 cm³/mol. The number of imide groups is 2. The van der Waals surface area contributed by atoms with Crippen LogP contribution in [0, 0.1) is 17.8 Å². The van der Waals surface area contributed by atoms with Gasteiger partial charge in [-0.1, -0.05) is 27.2 Å². The van der Waals surface area contributed by atoms with Crippen LogP contribution < -0.4 is 42.1 Å². The van der Waals surface area contributed by atoms with Gasteiger partial charge in [0.2, 0.25) is 53.2 Å². The van der Waals surface area contributed by atoms with Crippen LogP contribution in [-0.2, 0) is 82.7 Å². The number of carbonyl (C=O) groups is 15. The van der Waals surface area contributed by atoms with E-state index in [-0.39, 0.29) is 49.3 Å². The molecule has 6 heterocycles. The summed E-state index contributed by atoms with van der Waals surface area (Å²) in [6, 6.07) is -5.89. The Morgan fingerprint density at radius 2 is 1.39 bits per heavy atom. The number of hydrogen-bond donors (Lipinski definition) is 12. The molecule has 14 amide bonds. The first-order valence-corrected chi connectivity index (χ1v) is 30.2. The van der Waals surface area contributed by atoms with Gasteiger partial charge in [0.1, 0.15) is 35.2 Å². The van der Waals surface area contributed by atoms with Crippen molar-refractivity contribution < 1.29 is 96.6 Å². The number of rotatable bonds is 17. The predicted octanol–water partition coefficient (Wildman–Crippen LogP) is -5.69. The van der Waals surface area contributed by atoms with E-state index in [4.69, 9.17) is 0 Å². The van der Waals surface area contributed by atoms with E-state index in [1.807, 2.05) is 0 Å². The maximum absolute atomic E-state index is 15.9. The monoisotopic (exact) mass is 1280 g/mol. The van der Waals surface area contributed by atoms with Gasteiger partial charge in [0.15, 0.2) is 0 Å². The molecule has 34 heteroatoms. The highest BCUT2D eigenvalue weighted by atomic mass is 32.2. The number of aliphatic carboxylic acids is 1. The third kappa shape index (κ3) is 16.1. The summed E-state index contributed by atoms with van der Waals surface area (Å²) in [5.74, 6) is -18.6. The minimum atomic E-state index is -2.76. The van der Waals surface area contributed by atoms with Crippen LogP contribution >= 0.6 is 0 Å². The van der Waals surface area contributed by atoms with Gasteiger partial charge in [0.05, 0.1) is 66.5 Å². The van der Waals surface area contributed by atoms with E-state index in [0.717, 1.165) is 55.7 Å². The molecule has 7 rings (SSSR count). The van der Waals surface area contributed by atoms with E-state index in [1.54, 1.807) is 13.8 Å². The van der Waals surface area contributed by atoms with Gasteiger partial charge < -0.3 is 72.4 Å². The van der Waals surface area contributed by atoms with Gasteiger partial charge in [-0.3, -0.25) is 90.8 Å². The van der Waals surface area contributed by atoms with Crippen LogP contribution in [0.5, 0.6) is 0 Å². The van der Waals surface area contributed by atoms with Crippen molar-refractivity contribution in [3.05, 3.63) is 42.5 Å². The number of nitrogens with one attached hydrogen (secondary N) is 8. The Hall–Kier alpha value is -9.28. The molecule has 12 N–H and O–H groups in total. The highest BCUT2D eigenvalue weighted by molar-refractivity contribution is 7.85. The van der Waals surface area contributed by atoms with E-state index in [2.05, 4.69) is 42.2 Å². The lowest BCUT2D eigenvalue weighted by atomic mass is 9.90. The van der Waals surface area contributed by atoms with Crippen molar-refractivity contribution in [2.75, 3.05) is 74.9 Å². The van der Waals surface area contributed by atoms with Crippen molar-refractivity contribution in [3.63, 3.8) is 0 Å². The molecule has 2 aromatic rings. The maximum atomic E-state index is 15.9. The standard InChI is InChI=1S/C56H71N13O20S/c1-5-27(2)33-21-57-40(74)22-58-50(83)29(4)69-49-32-18-30(60-39(73)8-9-42(76)65(14-16-66-43(77)10-11-44(66)78)15-17-67-45(79)12-13-46(67)80)6-7-34(32)63-54(49)90(89)26-36(61-41(75)23-59-51(33)84)52(85)62-35(20-47(81)82)55(87)68-24-31(71)19-37(68)53(86)64-48(56(69)88)28(3)38(72)25-70/h6-7,10-13,18,27-29,31,33,35-38,48,63,70-72H,5,8-9,14-17,19-26H2,1-4H3,(H,57,74)(H,58,83)(H,59,84)(H,60,73)(H,61,75)(H,62,85)(H,64,86)(H,81,82)/t27-,28?,29?,31+,33-,35-,36-,37-,38?,48-,90?/m0/s1. The summed E-state index contributed by atoms with van der Waals surface area (Å²) in [6.07, 6.45) is -1.53. The Morgan fingerprint density at radius 3 is 1.99 bits per heavy atom. The van der Waals surface area contributed by atoms with Gasteiger partial charge in [-0.05, 0) is 31.0 Å². The van der Waals surface area contributed by atoms with Crippen LogP contribution in [0.3, 0.4) is 0 Å². The summed E-state index contributed by atoms with van der Waals surface area (Å²) in [7, 11) is -2.76. The van der Waals surface area contributed by atoms with E-state index in [9.17, 15) is 87.5 Å². The van der Waals surface area contributed by atoms with Crippen molar-refractivity contribution >= 4 is 122 Å². The molecule has 1 saturated heterocycles. The molecular weight excluding hydrogens is 1210 g/mol. The Labute approximate surface area is 515 Å². The maximum Gasteiger partial charge on any atom is 0.305 e. The van der Waals surface area contributed by atoms with Crippen LogP contribution in [-0.4, -0.2) is 245 Å². The van der Waals surface area contributed by atoms with Gasteiger partial charge in [0.25, 0.3) is 29.5 Å². The van der Waals surface area contributed by atoms with Crippen LogP contribution in [0.2, 0.25) is 0 Å². The first-order valence-electron chi connectivity index (χ1n) is 28.9. The fourth-order valence-corrected chi connectivity index (χ4v) is 12.1. The Morgan fingerprint density at radius 1 is 0.778 bits per heavy atom. The molecule has 486 valence electrons. The number of aromatic nitrogens is 1. The molecule has 1 fully saturated rings. The van der Waals surface area contributed by atoms with E-state index in [1.165, 1.54) is 25.1 Å². The van der Waals surface area contributed by atoms with Crippen LogP contribution in [0.1, 0.15) is 59.8 Å². The summed E-state index contributed by atoms with van der Waals surface area (Å²) < 4.78 is 15.4. The molecule has 0 saturated carbocycles. The minimum Gasteiger partial charge on any atom is -0.481 e. The van der Waals surface area contributed by atoms with Crippen LogP contribution in [0.4, 0.5) is 11.4 Å². The summed E-state index contributed by atoms with van der Waals surface area (Å²) in [5.41, 5.74) is -0.600.